The fourth-order valence-electron chi connectivity index (χ4n) is 1.82. The van der Waals surface area contributed by atoms with Crippen LogP contribution in [0.25, 0.3) is 0 Å². The number of nitrogens with one attached hydrogen (secondary N) is 1. The molecule has 2 unspecified atom stereocenters. The lowest BCUT2D eigenvalue weighted by Crippen LogP contribution is -2.21. The van der Waals surface area contributed by atoms with Gasteiger partial charge in [-0.2, -0.15) is 0 Å². The van der Waals surface area contributed by atoms with Crippen molar-refractivity contribution in [3.8, 4) is 0 Å². The molecule has 2 atom stereocenters. The normalized spacial score (nSPS) is 26.4. The zero-order valence-electron chi connectivity index (χ0n) is 7.91. The molecule has 1 fully saturated rings. The Balaban J connectivity index is 1.94. The molecule has 1 aliphatic rings. The SMILES string of the molecule is NC1CCC(Nc2ccc(I)cn2)C1. The molecule has 3 nitrogen and oxygen atoms in total. The van der Waals surface area contributed by atoms with Gasteiger partial charge in [-0.3, -0.25) is 0 Å². The summed E-state index contributed by atoms with van der Waals surface area (Å²) in [5.41, 5.74) is 5.84. The molecule has 0 aliphatic heterocycles. The molecule has 3 N–H and O–H groups in total. The maximum atomic E-state index is 5.84. The molecule has 1 aromatic heterocycles. The zero-order valence-corrected chi connectivity index (χ0v) is 10.1. The van der Waals surface area contributed by atoms with E-state index < -0.39 is 0 Å². The minimum absolute atomic E-state index is 0.372. The average Bonchev–Trinajstić information content (AvgIpc) is 2.56. The Morgan fingerprint density at radius 2 is 2.29 bits per heavy atom. The Kier molecular flexibility index (Phi) is 3.22. The Morgan fingerprint density at radius 1 is 1.43 bits per heavy atom. The third kappa shape index (κ3) is 2.57. The number of anilines is 1. The van der Waals surface area contributed by atoms with Crippen LogP contribution < -0.4 is 11.1 Å². The largest absolute Gasteiger partial charge is 0.367 e. The first-order valence-electron chi connectivity index (χ1n) is 4.88. The molecule has 1 saturated carbocycles. The molecule has 0 bridgehead atoms. The number of nitrogens with zero attached hydrogens (tertiary/aromatic N) is 1. The summed E-state index contributed by atoms with van der Waals surface area (Å²) in [6.45, 7) is 0. The molecule has 1 aliphatic carbocycles. The van der Waals surface area contributed by atoms with E-state index in [1.54, 1.807) is 0 Å². The van der Waals surface area contributed by atoms with Gasteiger partial charge in [-0.25, -0.2) is 4.98 Å². The zero-order chi connectivity index (χ0) is 9.97. The van der Waals surface area contributed by atoms with Crippen molar-refractivity contribution in [2.24, 2.45) is 5.73 Å². The Labute approximate surface area is 97.6 Å². The molecule has 0 aromatic carbocycles. The van der Waals surface area contributed by atoms with Crippen LogP contribution in [0.4, 0.5) is 5.82 Å². The molecule has 0 spiro atoms. The third-order valence-electron chi connectivity index (χ3n) is 2.55. The van der Waals surface area contributed by atoms with E-state index in [1.807, 2.05) is 12.3 Å². The fourth-order valence-corrected chi connectivity index (χ4v) is 2.14. The third-order valence-corrected chi connectivity index (χ3v) is 3.19. The second-order valence-electron chi connectivity index (χ2n) is 3.78. The van der Waals surface area contributed by atoms with Gasteiger partial charge in [-0.1, -0.05) is 0 Å². The minimum atomic E-state index is 0.372. The lowest BCUT2D eigenvalue weighted by atomic mass is 10.2. The molecular formula is C10H14IN3. The van der Waals surface area contributed by atoms with Crippen molar-refractivity contribution in [3.63, 3.8) is 0 Å². The highest BCUT2D eigenvalue weighted by molar-refractivity contribution is 14.1. The minimum Gasteiger partial charge on any atom is -0.367 e. The number of hydrogen-bond donors (Lipinski definition) is 2. The van der Waals surface area contributed by atoms with Gasteiger partial charge in [-0.15, -0.1) is 0 Å². The highest BCUT2D eigenvalue weighted by atomic mass is 127. The van der Waals surface area contributed by atoms with Crippen molar-refractivity contribution in [2.45, 2.75) is 31.3 Å². The maximum absolute atomic E-state index is 5.84. The van der Waals surface area contributed by atoms with Gasteiger partial charge in [-0.05, 0) is 54.0 Å². The van der Waals surface area contributed by atoms with E-state index in [1.165, 1.54) is 0 Å². The smallest absolute Gasteiger partial charge is 0.126 e. The van der Waals surface area contributed by atoms with Crippen molar-refractivity contribution >= 4 is 28.4 Å². The highest BCUT2D eigenvalue weighted by Gasteiger charge is 2.21. The number of pyridine rings is 1. The van der Waals surface area contributed by atoms with E-state index in [0.29, 0.717) is 12.1 Å². The van der Waals surface area contributed by atoms with Crippen LogP contribution >= 0.6 is 22.6 Å². The average molecular weight is 303 g/mol. The second-order valence-corrected chi connectivity index (χ2v) is 5.02. The van der Waals surface area contributed by atoms with Gasteiger partial charge in [0.15, 0.2) is 0 Å². The molecule has 1 aromatic rings. The maximum Gasteiger partial charge on any atom is 0.126 e. The van der Waals surface area contributed by atoms with Crippen LogP contribution in [0.5, 0.6) is 0 Å². The number of aromatic nitrogens is 1. The number of rotatable bonds is 2. The van der Waals surface area contributed by atoms with Crippen molar-refractivity contribution in [2.75, 3.05) is 5.32 Å². The van der Waals surface area contributed by atoms with Crippen LogP contribution in [-0.2, 0) is 0 Å². The van der Waals surface area contributed by atoms with Crippen molar-refractivity contribution < 1.29 is 0 Å². The van der Waals surface area contributed by atoms with Crippen molar-refractivity contribution in [3.05, 3.63) is 21.9 Å². The summed E-state index contributed by atoms with van der Waals surface area (Å²) in [7, 11) is 0. The van der Waals surface area contributed by atoms with Crippen LogP contribution in [0.15, 0.2) is 18.3 Å². The molecule has 14 heavy (non-hydrogen) atoms. The summed E-state index contributed by atoms with van der Waals surface area (Å²) < 4.78 is 1.16. The van der Waals surface area contributed by atoms with Crippen molar-refractivity contribution in [1.82, 2.24) is 4.98 Å². The predicted octanol–water partition coefficient (Wildman–Crippen LogP) is 1.98. The van der Waals surface area contributed by atoms with E-state index in [-0.39, 0.29) is 0 Å². The van der Waals surface area contributed by atoms with E-state index in [0.717, 1.165) is 28.7 Å². The van der Waals surface area contributed by atoms with Gasteiger partial charge in [0.2, 0.25) is 0 Å². The molecule has 0 amide bonds. The summed E-state index contributed by atoms with van der Waals surface area (Å²) in [5, 5.41) is 3.40. The van der Waals surface area contributed by atoms with Crippen LogP contribution in [-0.4, -0.2) is 17.1 Å². The van der Waals surface area contributed by atoms with Crippen LogP contribution in [0.2, 0.25) is 0 Å². The van der Waals surface area contributed by atoms with Gasteiger partial charge in [0.05, 0.1) is 0 Å². The standard InChI is InChI=1S/C10H14IN3/c11-7-1-4-10(13-6-7)14-9-3-2-8(12)5-9/h1,4,6,8-9H,2-3,5,12H2,(H,13,14). The summed E-state index contributed by atoms with van der Waals surface area (Å²) in [5.74, 6) is 0.963. The summed E-state index contributed by atoms with van der Waals surface area (Å²) in [6.07, 6.45) is 5.22. The van der Waals surface area contributed by atoms with Gasteiger partial charge >= 0.3 is 0 Å². The van der Waals surface area contributed by atoms with E-state index in [2.05, 4.69) is 39.0 Å². The first kappa shape index (κ1) is 10.2. The van der Waals surface area contributed by atoms with E-state index in [4.69, 9.17) is 5.73 Å². The van der Waals surface area contributed by atoms with Crippen LogP contribution in [0, 0.1) is 3.57 Å². The molecule has 76 valence electrons. The number of nitrogens with two attached hydrogens (primary N) is 1. The van der Waals surface area contributed by atoms with Gasteiger partial charge in [0, 0.05) is 21.9 Å². The van der Waals surface area contributed by atoms with Crippen LogP contribution in [0.1, 0.15) is 19.3 Å². The summed E-state index contributed by atoms with van der Waals surface area (Å²) in [4.78, 5) is 4.31. The monoisotopic (exact) mass is 303 g/mol. The van der Waals surface area contributed by atoms with Gasteiger partial charge in [0.1, 0.15) is 5.82 Å². The lowest BCUT2D eigenvalue weighted by Gasteiger charge is -2.12. The Bertz CT molecular complexity index is 299. The number of halogens is 1. The summed E-state index contributed by atoms with van der Waals surface area (Å²) >= 11 is 2.25. The Hall–Kier alpha value is -0.360. The molecule has 0 radical (unpaired) electrons. The highest BCUT2D eigenvalue weighted by Crippen LogP contribution is 2.20. The lowest BCUT2D eigenvalue weighted by molar-refractivity contribution is 0.686. The van der Waals surface area contributed by atoms with Gasteiger partial charge in [0.25, 0.3) is 0 Å². The quantitative estimate of drug-likeness (QED) is 0.821. The van der Waals surface area contributed by atoms with Gasteiger partial charge < -0.3 is 11.1 Å². The topological polar surface area (TPSA) is 50.9 Å². The Morgan fingerprint density at radius 3 is 2.86 bits per heavy atom. The second kappa shape index (κ2) is 4.44. The molecule has 1 heterocycles. The first-order chi connectivity index (χ1) is 6.74. The molecule has 0 saturated heterocycles. The first-order valence-corrected chi connectivity index (χ1v) is 5.95. The molecular weight excluding hydrogens is 289 g/mol. The van der Waals surface area contributed by atoms with Crippen LogP contribution in [0.3, 0.4) is 0 Å². The van der Waals surface area contributed by atoms with Crippen molar-refractivity contribution in [1.29, 1.82) is 0 Å². The molecule has 4 heteroatoms. The van der Waals surface area contributed by atoms with E-state index in [9.17, 15) is 0 Å². The summed E-state index contributed by atoms with van der Waals surface area (Å²) in [6, 6.07) is 4.96. The fraction of sp³-hybridized carbons (Fsp3) is 0.500. The predicted molar refractivity (Wildman–Crippen MR) is 66.2 cm³/mol. The molecule has 2 rings (SSSR count). The van der Waals surface area contributed by atoms with E-state index >= 15 is 0 Å². The number of hydrogen-bond acceptors (Lipinski definition) is 3.